The molecule has 0 saturated heterocycles. The van der Waals surface area contributed by atoms with Crippen LogP contribution in [0.1, 0.15) is 5.82 Å². The number of phenolic OH excluding ortho intramolecular Hbond substituents is 1. The Morgan fingerprint density at radius 1 is 1.05 bits per heavy atom. The van der Waals surface area contributed by atoms with Crippen LogP contribution in [0.15, 0.2) is 36.4 Å². The zero-order chi connectivity index (χ0) is 15.0. The Kier molecular flexibility index (Phi) is 3.17. The fraction of sp³-hybridized carbons (Fsp3) is 0.0769. The molecule has 0 aliphatic heterocycles. The summed E-state index contributed by atoms with van der Waals surface area (Å²) in [7, 11) is 0. The lowest BCUT2D eigenvalue weighted by atomic mass is 10.1. The number of aromatic hydroxyl groups is 1. The topological polar surface area (TPSA) is 55.2 Å². The third-order valence-electron chi connectivity index (χ3n) is 2.66. The van der Waals surface area contributed by atoms with Crippen LogP contribution in [0.2, 0.25) is 0 Å². The molecule has 21 heavy (non-hydrogen) atoms. The summed E-state index contributed by atoms with van der Waals surface area (Å²) in [4.78, 5) is 3.29. The van der Waals surface area contributed by atoms with E-state index in [1.165, 1.54) is 6.07 Å². The van der Waals surface area contributed by atoms with Gasteiger partial charge in [0.25, 0.3) is 11.0 Å². The molecule has 0 spiro atoms. The van der Waals surface area contributed by atoms with Crippen molar-refractivity contribution in [3.05, 3.63) is 42.2 Å². The van der Waals surface area contributed by atoms with E-state index in [1.807, 2.05) is 0 Å². The highest BCUT2D eigenvalue weighted by Crippen LogP contribution is 2.32. The van der Waals surface area contributed by atoms with Crippen LogP contribution in [0.5, 0.6) is 16.7 Å². The van der Waals surface area contributed by atoms with Crippen molar-refractivity contribution < 1.29 is 23.0 Å². The van der Waals surface area contributed by atoms with Gasteiger partial charge in [0.2, 0.25) is 0 Å². The second kappa shape index (κ2) is 4.88. The van der Waals surface area contributed by atoms with Crippen molar-refractivity contribution in [1.29, 1.82) is 0 Å². The molecule has 0 bridgehead atoms. The van der Waals surface area contributed by atoms with E-state index in [9.17, 15) is 18.3 Å². The van der Waals surface area contributed by atoms with E-state index in [0.29, 0.717) is 22.7 Å². The number of rotatable bonds is 2. The first-order chi connectivity index (χ1) is 9.91. The van der Waals surface area contributed by atoms with E-state index in [0.717, 1.165) is 5.39 Å². The van der Waals surface area contributed by atoms with Gasteiger partial charge >= 0.3 is 6.18 Å². The fourth-order valence-corrected chi connectivity index (χ4v) is 2.31. The van der Waals surface area contributed by atoms with E-state index in [-0.39, 0.29) is 10.9 Å². The van der Waals surface area contributed by atoms with Gasteiger partial charge in [-0.15, -0.1) is 0 Å². The molecule has 2 aromatic carbocycles. The maximum Gasteiger partial charge on any atom is 0.452 e. The van der Waals surface area contributed by atoms with Crippen LogP contribution in [0.4, 0.5) is 13.2 Å². The van der Waals surface area contributed by atoms with Gasteiger partial charge in [-0.25, -0.2) is 0 Å². The van der Waals surface area contributed by atoms with Crippen LogP contribution in [0.3, 0.4) is 0 Å². The van der Waals surface area contributed by atoms with E-state index in [1.54, 1.807) is 30.3 Å². The minimum absolute atomic E-state index is 0.0925. The minimum atomic E-state index is -4.59. The van der Waals surface area contributed by atoms with E-state index >= 15 is 0 Å². The molecule has 3 aromatic rings. The Labute approximate surface area is 120 Å². The number of aromatic nitrogens is 2. The van der Waals surface area contributed by atoms with Gasteiger partial charge in [0, 0.05) is 11.5 Å². The first-order valence-corrected chi connectivity index (χ1v) is 6.51. The van der Waals surface area contributed by atoms with Gasteiger partial charge in [-0.3, -0.25) is 0 Å². The summed E-state index contributed by atoms with van der Waals surface area (Å²) >= 11 is 0.527. The molecule has 1 N–H and O–H groups in total. The van der Waals surface area contributed by atoms with Gasteiger partial charge in [-0.2, -0.15) is 22.5 Å². The molecule has 0 saturated carbocycles. The number of phenols is 1. The summed E-state index contributed by atoms with van der Waals surface area (Å²) in [6.45, 7) is 0. The number of halogens is 3. The number of alkyl halides is 3. The van der Waals surface area contributed by atoms with Gasteiger partial charge in [-0.05, 0) is 35.0 Å². The molecule has 1 aromatic heterocycles. The summed E-state index contributed by atoms with van der Waals surface area (Å²) in [5.74, 6) is -0.811. The third kappa shape index (κ3) is 2.89. The molecule has 108 valence electrons. The molecule has 0 aliphatic rings. The van der Waals surface area contributed by atoms with Crippen molar-refractivity contribution in [2.24, 2.45) is 0 Å². The SMILES string of the molecule is Oc1ccc2ccc(Oc3nc(C(F)(F)F)ns3)cc2c1. The van der Waals surface area contributed by atoms with Crippen molar-refractivity contribution in [3.63, 3.8) is 0 Å². The molecular formula is C13H7F3N2O2S. The zero-order valence-corrected chi connectivity index (χ0v) is 11.1. The highest BCUT2D eigenvalue weighted by molar-refractivity contribution is 7.07. The van der Waals surface area contributed by atoms with Crippen LogP contribution in [0, 0.1) is 0 Å². The van der Waals surface area contributed by atoms with Crippen molar-refractivity contribution in [3.8, 4) is 16.7 Å². The van der Waals surface area contributed by atoms with Gasteiger partial charge in [0.15, 0.2) is 0 Å². The molecule has 1 heterocycles. The number of nitrogens with zero attached hydrogens (tertiary/aromatic N) is 2. The molecule has 0 unspecified atom stereocenters. The van der Waals surface area contributed by atoms with Crippen molar-refractivity contribution in [2.75, 3.05) is 0 Å². The maximum absolute atomic E-state index is 12.4. The van der Waals surface area contributed by atoms with Crippen LogP contribution < -0.4 is 4.74 Å². The summed E-state index contributed by atoms with van der Waals surface area (Å²) in [6.07, 6.45) is -4.59. The Bertz CT molecular complexity index is 801. The Balaban J connectivity index is 1.89. The largest absolute Gasteiger partial charge is 0.508 e. The molecule has 0 amide bonds. The molecular weight excluding hydrogens is 305 g/mol. The quantitative estimate of drug-likeness (QED) is 0.770. The molecule has 4 nitrogen and oxygen atoms in total. The normalized spacial score (nSPS) is 11.8. The third-order valence-corrected chi connectivity index (χ3v) is 3.26. The van der Waals surface area contributed by atoms with Crippen molar-refractivity contribution in [1.82, 2.24) is 9.36 Å². The molecule has 8 heteroatoms. The van der Waals surface area contributed by atoms with Crippen molar-refractivity contribution >= 4 is 22.3 Å². The molecule has 0 fully saturated rings. The second-order valence-corrected chi connectivity index (χ2v) is 4.89. The number of ether oxygens (including phenoxy) is 1. The van der Waals surface area contributed by atoms with E-state index in [4.69, 9.17) is 4.74 Å². The molecule has 3 rings (SSSR count). The predicted octanol–water partition coefficient (Wildman–Crippen LogP) is 4.21. The van der Waals surface area contributed by atoms with Crippen LogP contribution in [0.25, 0.3) is 10.8 Å². The van der Waals surface area contributed by atoms with Crippen LogP contribution >= 0.6 is 11.5 Å². The average molecular weight is 312 g/mol. The monoisotopic (exact) mass is 312 g/mol. The lowest BCUT2D eigenvalue weighted by Crippen LogP contribution is -2.06. The smallest absolute Gasteiger partial charge is 0.452 e. The summed E-state index contributed by atoms with van der Waals surface area (Å²) < 4.78 is 45.6. The summed E-state index contributed by atoms with van der Waals surface area (Å²) in [6, 6.07) is 9.74. The fourth-order valence-electron chi connectivity index (χ4n) is 1.74. The van der Waals surface area contributed by atoms with Gasteiger partial charge < -0.3 is 9.84 Å². The minimum Gasteiger partial charge on any atom is -0.508 e. The molecule has 0 radical (unpaired) electrons. The second-order valence-electron chi connectivity index (χ2n) is 4.18. The zero-order valence-electron chi connectivity index (χ0n) is 10.3. The maximum atomic E-state index is 12.4. The Hall–Kier alpha value is -2.35. The van der Waals surface area contributed by atoms with E-state index < -0.39 is 12.0 Å². The standard InChI is InChI=1S/C13H7F3N2O2S/c14-13(15,16)11-17-12(21-18-11)20-10-4-2-7-1-3-9(19)5-8(7)6-10/h1-6,19H. The first kappa shape index (κ1) is 13.6. The molecule has 0 atom stereocenters. The predicted molar refractivity (Wildman–Crippen MR) is 70.6 cm³/mol. The lowest BCUT2D eigenvalue weighted by Gasteiger charge is -2.04. The Morgan fingerprint density at radius 2 is 1.81 bits per heavy atom. The highest BCUT2D eigenvalue weighted by Gasteiger charge is 2.36. The van der Waals surface area contributed by atoms with Crippen LogP contribution in [-0.4, -0.2) is 14.5 Å². The highest BCUT2D eigenvalue weighted by atomic mass is 32.1. The molecule has 0 aliphatic carbocycles. The van der Waals surface area contributed by atoms with Gasteiger partial charge in [-0.1, -0.05) is 12.1 Å². The lowest BCUT2D eigenvalue weighted by molar-refractivity contribution is -0.144. The van der Waals surface area contributed by atoms with Gasteiger partial charge in [0.1, 0.15) is 11.5 Å². The number of benzene rings is 2. The van der Waals surface area contributed by atoms with Crippen LogP contribution in [-0.2, 0) is 6.18 Å². The number of fused-ring (bicyclic) bond motifs is 1. The first-order valence-electron chi connectivity index (χ1n) is 5.73. The summed E-state index contributed by atoms with van der Waals surface area (Å²) in [5.41, 5.74) is 0. The summed E-state index contributed by atoms with van der Waals surface area (Å²) in [5, 5.41) is 10.8. The Morgan fingerprint density at radius 3 is 2.52 bits per heavy atom. The van der Waals surface area contributed by atoms with Gasteiger partial charge in [0.05, 0.1) is 0 Å². The van der Waals surface area contributed by atoms with E-state index in [2.05, 4.69) is 9.36 Å². The van der Waals surface area contributed by atoms with Crippen molar-refractivity contribution in [2.45, 2.75) is 6.18 Å². The average Bonchev–Trinajstić information content (AvgIpc) is 2.86. The number of hydrogen-bond acceptors (Lipinski definition) is 5. The number of hydrogen-bond donors (Lipinski definition) is 1.